The van der Waals surface area contributed by atoms with E-state index >= 15 is 0 Å². The quantitative estimate of drug-likeness (QED) is 0.770. The predicted molar refractivity (Wildman–Crippen MR) is 69.6 cm³/mol. The molecule has 0 radical (unpaired) electrons. The summed E-state index contributed by atoms with van der Waals surface area (Å²) in [5.74, 6) is 0.720. The van der Waals surface area contributed by atoms with E-state index in [0.29, 0.717) is 17.3 Å². The summed E-state index contributed by atoms with van der Waals surface area (Å²) in [6.07, 6.45) is 7.47. The van der Waals surface area contributed by atoms with E-state index in [2.05, 4.69) is 20.6 Å². The van der Waals surface area contributed by atoms with E-state index in [9.17, 15) is 4.79 Å². The van der Waals surface area contributed by atoms with Crippen molar-refractivity contribution in [1.82, 2.24) is 9.97 Å². The molecule has 2 aromatic rings. The first-order valence-corrected chi connectivity index (χ1v) is 5.98. The highest BCUT2D eigenvalue weighted by atomic mass is 16.1. The van der Waals surface area contributed by atoms with E-state index in [1.54, 1.807) is 24.7 Å². The van der Waals surface area contributed by atoms with Crippen LogP contribution in [0.3, 0.4) is 0 Å². The molecule has 0 aliphatic heterocycles. The molecule has 18 heavy (non-hydrogen) atoms. The highest BCUT2D eigenvalue weighted by molar-refractivity contribution is 6.04. The Hall–Kier alpha value is -2.30. The largest absolute Gasteiger partial charge is 0.367 e. The van der Waals surface area contributed by atoms with Crippen LogP contribution in [0.25, 0.3) is 0 Å². The smallest absolute Gasteiger partial charge is 0.257 e. The van der Waals surface area contributed by atoms with Crippen LogP contribution in [0.15, 0.2) is 36.8 Å². The Labute approximate surface area is 105 Å². The molecule has 2 heterocycles. The average Bonchev–Trinajstić information content (AvgIpc) is 3.02. The number of aromatic nitrogens is 2. The fourth-order valence-electron chi connectivity index (χ4n) is 1.66. The minimum Gasteiger partial charge on any atom is -0.367 e. The van der Waals surface area contributed by atoms with E-state index in [4.69, 9.17) is 0 Å². The summed E-state index contributed by atoms with van der Waals surface area (Å²) in [5, 5.41) is 6.09. The van der Waals surface area contributed by atoms with Crippen molar-refractivity contribution in [1.29, 1.82) is 0 Å². The molecule has 0 saturated heterocycles. The second-order valence-electron chi connectivity index (χ2n) is 4.40. The summed E-state index contributed by atoms with van der Waals surface area (Å²) in [5.41, 5.74) is 1.30. The second-order valence-corrected chi connectivity index (χ2v) is 4.40. The SMILES string of the molecule is O=C(Nc1ccc(NC2CC2)nc1)c1cc[nH]c1. The van der Waals surface area contributed by atoms with Crippen molar-refractivity contribution < 1.29 is 4.79 Å². The zero-order valence-electron chi connectivity index (χ0n) is 9.81. The third-order valence-electron chi connectivity index (χ3n) is 2.81. The molecule has 0 spiro atoms. The lowest BCUT2D eigenvalue weighted by molar-refractivity contribution is 0.102. The van der Waals surface area contributed by atoms with Crippen molar-refractivity contribution in [2.75, 3.05) is 10.6 Å². The molecule has 5 heteroatoms. The molecule has 0 atom stereocenters. The van der Waals surface area contributed by atoms with Gasteiger partial charge in [0.15, 0.2) is 0 Å². The van der Waals surface area contributed by atoms with Crippen LogP contribution in [-0.4, -0.2) is 21.9 Å². The number of carbonyl (C=O) groups excluding carboxylic acids is 1. The van der Waals surface area contributed by atoms with Crippen LogP contribution in [0.2, 0.25) is 0 Å². The van der Waals surface area contributed by atoms with Crippen molar-refractivity contribution in [3.05, 3.63) is 42.4 Å². The highest BCUT2D eigenvalue weighted by Crippen LogP contribution is 2.23. The van der Waals surface area contributed by atoms with Crippen molar-refractivity contribution in [2.45, 2.75) is 18.9 Å². The standard InChI is InChI=1S/C13H14N4O/c18-13(9-5-6-14-7-9)17-11-3-4-12(15-8-11)16-10-1-2-10/h3-8,10,14H,1-2H2,(H,15,16)(H,17,18). The molecule has 1 amide bonds. The number of aromatic amines is 1. The second kappa shape index (κ2) is 4.52. The Morgan fingerprint density at radius 1 is 1.33 bits per heavy atom. The molecule has 3 N–H and O–H groups in total. The van der Waals surface area contributed by atoms with Gasteiger partial charge in [0.05, 0.1) is 17.4 Å². The lowest BCUT2D eigenvalue weighted by Crippen LogP contribution is -2.11. The van der Waals surface area contributed by atoms with Gasteiger partial charge in [-0.3, -0.25) is 4.79 Å². The zero-order valence-corrected chi connectivity index (χ0v) is 9.81. The molecule has 1 saturated carbocycles. The molecule has 2 aromatic heterocycles. The Bertz CT molecular complexity index is 529. The van der Waals surface area contributed by atoms with Gasteiger partial charge in [0.1, 0.15) is 5.82 Å². The van der Waals surface area contributed by atoms with E-state index < -0.39 is 0 Å². The van der Waals surface area contributed by atoms with Crippen LogP contribution in [0.1, 0.15) is 23.2 Å². The number of carbonyl (C=O) groups is 1. The molecule has 5 nitrogen and oxygen atoms in total. The van der Waals surface area contributed by atoms with Crippen LogP contribution in [0, 0.1) is 0 Å². The first-order valence-electron chi connectivity index (χ1n) is 5.98. The summed E-state index contributed by atoms with van der Waals surface area (Å²) in [7, 11) is 0. The highest BCUT2D eigenvalue weighted by Gasteiger charge is 2.21. The van der Waals surface area contributed by atoms with E-state index in [-0.39, 0.29) is 5.91 Å². The fraction of sp³-hybridized carbons (Fsp3) is 0.231. The summed E-state index contributed by atoms with van der Waals surface area (Å²) in [4.78, 5) is 18.9. The molecular weight excluding hydrogens is 228 g/mol. The molecule has 1 aliphatic rings. The Morgan fingerprint density at radius 3 is 2.83 bits per heavy atom. The molecule has 0 aromatic carbocycles. The lowest BCUT2D eigenvalue weighted by atomic mass is 10.3. The molecule has 1 fully saturated rings. The lowest BCUT2D eigenvalue weighted by Gasteiger charge is -2.06. The van der Waals surface area contributed by atoms with Crippen molar-refractivity contribution in [3.63, 3.8) is 0 Å². The van der Waals surface area contributed by atoms with Crippen LogP contribution < -0.4 is 10.6 Å². The number of H-pyrrole nitrogens is 1. The molecule has 92 valence electrons. The summed E-state index contributed by atoms with van der Waals surface area (Å²) < 4.78 is 0. The number of hydrogen-bond acceptors (Lipinski definition) is 3. The Balaban J connectivity index is 1.63. The van der Waals surface area contributed by atoms with E-state index in [1.807, 2.05) is 12.1 Å². The number of rotatable bonds is 4. The minimum absolute atomic E-state index is 0.138. The first kappa shape index (κ1) is 10.8. The Kier molecular flexibility index (Phi) is 2.72. The van der Waals surface area contributed by atoms with Gasteiger partial charge in [-0.05, 0) is 31.0 Å². The fourth-order valence-corrected chi connectivity index (χ4v) is 1.66. The van der Waals surface area contributed by atoms with Gasteiger partial charge in [0.2, 0.25) is 0 Å². The number of pyridine rings is 1. The number of anilines is 2. The summed E-state index contributed by atoms with van der Waals surface area (Å²) >= 11 is 0. The maximum Gasteiger partial charge on any atom is 0.257 e. The Morgan fingerprint density at radius 2 is 2.22 bits per heavy atom. The topological polar surface area (TPSA) is 69.8 Å². The normalized spacial score (nSPS) is 14.2. The average molecular weight is 242 g/mol. The third kappa shape index (κ3) is 2.51. The third-order valence-corrected chi connectivity index (χ3v) is 2.81. The van der Waals surface area contributed by atoms with Gasteiger partial charge < -0.3 is 15.6 Å². The zero-order chi connectivity index (χ0) is 12.4. The van der Waals surface area contributed by atoms with Gasteiger partial charge in [0, 0.05) is 18.4 Å². The minimum atomic E-state index is -0.138. The van der Waals surface area contributed by atoms with Gasteiger partial charge in [-0.25, -0.2) is 4.98 Å². The van der Waals surface area contributed by atoms with Gasteiger partial charge >= 0.3 is 0 Å². The molecular formula is C13H14N4O. The van der Waals surface area contributed by atoms with Crippen LogP contribution >= 0.6 is 0 Å². The maximum absolute atomic E-state index is 11.8. The van der Waals surface area contributed by atoms with Gasteiger partial charge in [-0.2, -0.15) is 0 Å². The molecule has 0 bridgehead atoms. The van der Waals surface area contributed by atoms with Gasteiger partial charge in [0.25, 0.3) is 5.91 Å². The van der Waals surface area contributed by atoms with Crippen LogP contribution in [0.5, 0.6) is 0 Å². The van der Waals surface area contributed by atoms with E-state index in [1.165, 1.54) is 12.8 Å². The molecule has 3 rings (SSSR count). The predicted octanol–water partition coefficient (Wildman–Crippen LogP) is 2.24. The molecule has 1 aliphatic carbocycles. The van der Waals surface area contributed by atoms with Crippen molar-refractivity contribution >= 4 is 17.4 Å². The summed E-state index contributed by atoms with van der Waals surface area (Å²) in [6, 6.07) is 6.04. The first-order chi connectivity index (χ1) is 8.81. The summed E-state index contributed by atoms with van der Waals surface area (Å²) in [6.45, 7) is 0. The van der Waals surface area contributed by atoms with Gasteiger partial charge in [-0.15, -0.1) is 0 Å². The van der Waals surface area contributed by atoms with Gasteiger partial charge in [-0.1, -0.05) is 0 Å². The van der Waals surface area contributed by atoms with Crippen molar-refractivity contribution in [3.8, 4) is 0 Å². The van der Waals surface area contributed by atoms with E-state index in [0.717, 1.165) is 5.82 Å². The molecule has 0 unspecified atom stereocenters. The number of nitrogens with zero attached hydrogens (tertiary/aromatic N) is 1. The van der Waals surface area contributed by atoms with Crippen LogP contribution in [-0.2, 0) is 0 Å². The number of nitrogens with one attached hydrogen (secondary N) is 3. The number of amides is 1. The van der Waals surface area contributed by atoms with Crippen molar-refractivity contribution in [2.24, 2.45) is 0 Å². The van der Waals surface area contributed by atoms with Crippen LogP contribution in [0.4, 0.5) is 11.5 Å². The maximum atomic E-state index is 11.8. The monoisotopic (exact) mass is 242 g/mol. The number of hydrogen-bond donors (Lipinski definition) is 3.